The number of benzene rings is 1. The van der Waals surface area contributed by atoms with Crippen LogP contribution in [0.25, 0.3) is 0 Å². The van der Waals surface area contributed by atoms with Crippen LogP contribution < -0.4 is 14.7 Å². The van der Waals surface area contributed by atoms with Crippen molar-refractivity contribution < 1.29 is 18.3 Å². The normalized spacial score (nSPS) is 19.1. The molecule has 0 saturated carbocycles. The van der Waals surface area contributed by atoms with Crippen LogP contribution >= 0.6 is 0 Å². The van der Waals surface area contributed by atoms with E-state index in [1.54, 1.807) is 7.05 Å². The number of rotatable bonds is 5. The van der Waals surface area contributed by atoms with Crippen molar-refractivity contribution in [3.63, 3.8) is 0 Å². The molecular formula is C20H26N7O4S-. The van der Waals surface area contributed by atoms with Crippen molar-refractivity contribution in [2.24, 2.45) is 11.4 Å². The Balaban J connectivity index is 1.48. The molecule has 2 aromatic rings. The average molecular weight is 461 g/mol. The predicted molar refractivity (Wildman–Crippen MR) is 116 cm³/mol. The molecule has 1 aromatic carbocycles. The van der Waals surface area contributed by atoms with E-state index in [1.165, 1.54) is 15.9 Å². The summed E-state index contributed by atoms with van der Waals surface area (Å²) in [5, 5.41) is 27.4. The molecule has 1 fully saturated rings. The Kier molecular flexibility index (Phi) is 5.49. The molecule has 5 rings (SSSR count). The van der Waals surface area contributed by atoms with E-state index in [1.807, 2.05) is 0 Å². The van der Waals surface area contributed by atoms with E-state index in [0.29, 0.717) is 26.1 Å². The lowest BCUT2D eigenvalue weighted by Crippen LogP contribution is -2.44. The summed E-state index contributed by atoms with van der Waals surface area (Å²) in [5.74, 6) is -0.0996. The van der Waals surface area contributed by atoms with Crippen molar-refractivity contribution in [1.82, 2.24) is 20.2 Å². The topological polar surface area (TPSA) is 138 Å². The number of hydrogen-bond acceptors (Lipinski definition) is 7. The van der Waals surface area contributed by atoms with Crippen LogP contribution in [-0.4, -0.2) is 53.9 Å². The molecule has 0 bridgehead atoms. The summed E-state index contributed by atoms with van der Waals surface area (Å²) in [4.78, 5) is 1.17. The standard InChI is InChI=1S/C20H27N7O4S/c1-26-23-19(22-25-26)27(15-8-10-31-11-9-15)32(29,30)24-20(28)21-18-16-6-2-4-13(16)12-14-5-3-7-17(14)18/h12,15H,2-11H2,1H3,(H2,21,24,28)/p-1. The van der Waals surface area contributed by atoms with Crippen LogP contribution in [0.1, 0.15) is 47.9 Å². The number of aromatic nitrogens is 4. The second-order valence-corrected chi connectivity index (χ2v) is 9.92. The zero-order valence-corrected chi connectivity index (χ0v) is 18.8. The van der Waals surface area contributed by atoms with Crippen LogP contribution in [0, 0.1) is 0 Å². The first-order valence-electron chi connectivity index (χ1n) is 11.0. The fourth-order valence-corrected chi connectivity index (χ4v) is 6.19. The number of amidine groups is 1. The molecule has 12 heteroatoms. The van der Waals surface area contributed by atoms with Gasteiger partial charge in [0.05, 0.1) is 19.1 Å². The molecular weight excluding hydrogens is 434 g/mol. The van der Waals surface area contributed by atoms with E-state index >= 15 is 0 Å². The maximum absolute atomic E-state index is 13.2. The van der Waals surface area contributed by atoms with Crippen LogP contribution in [0.4, 0.5) is 11.6 Å². The molecule has 1 saturated heterocycles. The number of ether oxygens (including phenoxy) is 1. The van der Waals surface area contributed by atoms with Gasteiger partial charge in [0, 0.05) is 18.9 Å². The summed E-state index contributed by atoms with van der Waals surface area (Å²) < 4.78 is 36.5. The summed E-state index contributed by atoms with van der Waals surface area (Å²) in [6.07, 6.45) is 6.69. The maximum atomic E-state index is 13.2. The first kappa shape index (κ1) is 21.1. The van der Waals surface area contributed by atoms with Crippen LogP contribution in [0.5, 0.6) is 0 Å². The molecule has 0 atom stereocenters. The fraction of sp³-hybridized carbons (Fsp3) is 0.600. The summed E-state index contributed by atoms with van der Waals surface area (Å²) in [5.41, 5.74) is 5.48. The molecule has 0 amide bonds. The third-order valence-electron chi connectivity index (χ3n) is 6.37. The Labute approximate surface area is 186 Å². The van der Waals surface area contributed by atoms with E-state index in [4.69, 9.17) is 4.74 Å². The largest absolute Gasteiger partial charge is 0.845 e. The summed E-state index contributed by atoms with van der Waals surface area (Å²) >= 11 is 0. The highest BCUT2D eigenvalue weighted by molar-refractivity contribution is 7.91. The Hall–Kier alpha value is -2.73. The highest BCUT2D eigenvalue weighted by Crippen LogP contribution is 2.38. The zero-order chi connectivity index (χ0) is 22.3. The molecule has 3 aliphatic rings. The molecule has 2 aliphatic carbocycles. The lowest BCUT2D eigenvalue weighted by Gasteiger charge is -2.31. The summed E-state index contributed by atoms with van der Waals surface area (Å²) in [6, 6.07) is 0.890. The van der Waals surface area contributed by atoms with Gasteiger partial charge in [-0.1, -0.05) is 11.2 Å². The minimum Gasteiger partial charge on any atom is -0.845 e. The number of aryl methyl sites for hydroxylation is 3. The second-order valence-electron chi connectivity index (χ2n) is 8.45. The van der Waals surface area contributed by atoms with Gasteiger partial charge in [-0.05, 0) is 78.8 Å². The zero-order valence-electron chi connectivity index (χ0n) is 18.0. The minimum atomic E-state index is -4.40. The van der Waals surface area contributed by atoms with E-state index in [9.17, 15) is 13.5 Å². The lowest BCUT2D eigenvalue weighted by molar-refractivity contribution is -0.213. The van der Waals surface area contributed by atoms with Crippen LogP contribution in [0.15, 0.2) is 10.5 Å². The molecule has 11 nitrogen and oxygen atoms in total. The second kappa shape index (κ2) is 8.32. The van der Waals surface area contributed by atoms with E-state index in [2.05, 4.69) is 31.2 Å². The van der Waals surface area contributed by atoms with Crippen LogP contribution in [0.3, 0.4) is 0 Å². The monoisotopic (exact) mass is 460 g/mol. The van der Waals surface area contributed by atoms with E-state index in [-0.39, 0.29) is 5.95 Å². The molecule has 1 N–H and O–H groups in total. The smallest absolute Gasteiger partial charge is 0.348 e. The van der Waals surface area contributed by atoms with Gasteiger partial charge in [-0.25, -0.2) is 4.31 Å². The number of tetrazole rings is 1. The minimum absolute atomic E-state index is 0.0996. The van der Waals surface area contributed by atoms with E-state index in [0.717, 1.165) is 59.6 Å². The van der Waals surface area contributed by atoms with Gasteiger partial charge >= 0.3 is 10.2 Å². The first-order valence-corrected chi connectivity index (χ1v) is 12.4. The number of nitrogens with zero attached hydrogens (tertiary/aromatic N) is 6. The molecule has 32 heavy (non-hydrogen) atoms. The maximum Gasteiger partial charge on any atom is 0.348 e. The van der Waals surface area contributed by atoms with Gasteiger partial charge in [0.15, 0.2) is 0 Å². The molecule has 0 radical (unpaired) electrons. The molecule has 172 valence electrons. The number of anilines is 2. The summed E-state index contributed by atoms with van der Waals surface area (Å²) in [6.45, 7) is 0.816. The van der Waals surface area contributed by atoms with Gasteiger partial charge in [0.25, 0.3) is 5.95 Å². The molecule has 0 unspecified atom stereocenters. The van der Waals surface area contributed by atoms with Crippen molar-refractivity contribution in [3.8, 4) is 0 Å². The van der Waals surface area contributed by atoms with Crippen molar-refractivity contribution in [2.45, 2.75) is 57.4 Å². The van der Waals surface area contributed by atoms with Gasteiger partial charge in [-0.3, -0.25) is 0 Å². The third kappa shape index (κ3) is 3.92. The van der Waals surface area contributed by atoms with Crippen molar-refractivity contribution in [2.75, 3.05) is 22.8 Å². The molecule has 2 heterocycles. The van der Waals surface area contributed by atoms with Gasteiger partial charge in [-0.2, -0.15) is 13.2 Å². The van der Waals surface area contributed by atoms with Crippen LogP contribution in [0.2, 0.25) is 0 Å². The Morgan fingerprint density at radius 1 is 1.19 bits per heavy atom. The molecule has 1 aromatic heterocycles. The average Bonchev–Trinajstić information content (AvgIpc) is 3.49. The first-order chi connectivity index (χ1) is 15.4. The highest BCUT2D eigenvalue weighted by Gasteiger charge is 2.35. The number of fused-ring (bicyclic) bond motifs is 2. The van der Waals surface area contributed by atoms with E-state index < -0.39 is 22.3 Å². The summed E-state index contributed by atoms with van der Waals surface area (Å²) in [7, 11) is -2.85. The fourth-order valence-electron chi connectivity index (χ4n) is 4.98. The van der Waals surface area contributed by atoms with Gasteiger partial charge in [-0.15, -0.1) is 9.50 Å². The SMILES string of the molecule is Cn1nnc(N(C2CCOCC2)S(=O)(=O)/N=C(\[O-])Nc2c3c(cc4c2CCC4)CCC3)n1. The van der Waals surface area contributed by atoms with Gasteiger partial charge in [0.1, 0.15) is 0 Å². The Morgan fingerprint density at radius 3 is 2.44 bits per heavy atom. The Morgan fingerprint density at radius 2 is 1.84 bits per heavy atom. The predicted octanol–water partition coefficient (Wildman–Crippen LogP) is 0.246. The van der Waals surface area contributed by atoms with Crippen molar-refractivity contribution in [3.05, 3.63) is 28.3 Å². The molecule has 0 spiro atoms. The van der Waals surface area contributed by atoms with Gasteiger partial charge in [0.2, 0.25) is 0 Å². The quantitative estimate of drug-likeness (QED) is 0.495. The van der Waals surface area contributed by atoms with Gasteiger partial charge < -0.3 is 15.2 Å². The van der Waals surface area contributed by atoms with Crippen molar-refractivity contribution >= 4 is 27.9 Å². The number of nitrogens with one attached hydrogen (secondary N) is 1. The Bertz CT molecular complexity index is 1120. The van der Waals surface area contributed by atoms with Crippen molar-refractivity contribution in [1.29, 1.82) is 0 Å². The lowest BCUT2D eigenvalue weighted by atomic mass is 9.99. The third-order valence-corrected chi connectivity index (χ3v) is 7.72. The molecule has 1 aliphatic heterocycles. The number of hydrogen-bond donors (Lipinski definition) is 1. The highest BCUT2D eigenvalue weighted by atomic mass is 32.2. The van der Waals surface area contributed by atoms with Crippen LogP contribution in [-0.2, 0) is 47.7 Å².